The summed E-state index contributed by atoms with van der Waals surface area (Å²) in [5.74, 6) is 0. The minimum Gasteiger partial charge on any atom is -0.323 e. The van der Waals surface area contributed by atoms with Gasteiger partial charge in [-0.15, -0.1) is 0 Å². The Bertz CT molecular complexity index is 607. The van der Waals surface area contributed by atoms with Gasteiger partial charge in [0.05, 0.1) is 10.5 Å². The molecule has 4 nitrogen and oxygen atoms in total. The molecular weight excluding hydrogens is 293 g/mol. The first-order chi connectivity index (χ1) is 9.08. The van der Waals surface area contributed by atoms with Crippen molar-refractivity contribution < 1.29 is 21.6 Å². The monoisotopic (exact) mass is 308 g/mol. The largest absolute Gasteiger partial charge is 0.416 e. The van der Waals surface area contributed by atoms with E-state index in [-0.39, 0.29) is 18.0 Å². The highest BCUT2D eigenvalue weighted by Crippen LogP contribution is 2.33. The Kier molecular flexibility index (Phi) is 3.60. The molecule has 1 saturated heterocycles. The Morgan fingerprint density at radius 3 is 2.45 bits per heavy atom. The zero-order chi connectivity index (χ0) is 15.2. The standard InChI is InChI=1S/C12H15F3N2O2S/c1-2-11(16)7-17(8-11)20(18,19)10-5-3-4-9(6-10)12(13,14)15/h3-6H,2,7-8,16H2,1H3. The Balaban J connectivity index is 2.28. The second-order valence-corrected chi connectivity index (χ2v) is 6.95. The van der Waals surface area contributed by atoms with Gasteiger partial charge in [-0.3, -0.25) is 0 Å². The molecule has 20 heavy (non-hydrogen) atoms. The van der Waals surface area contributed by atoms with Crippen molar-refractivity contribution in [3.05, 3.63) is 29.8 Å². The van der Waals surface area contributed by atoms with E-state index >= 15 is 0 Å². The molecular formula is C12H15F3N2O2S. The van der Waals surface area contributed by atoms with E-state index in [1.807, 2.05) is 6.92 Å². The highest BCUT2D eigenvalue weighted by Gasteiger charge is 2.45. The number of hydrogen-bond donors (Lipinski definition) is 1. The van der Waals surface area contributed by atoms with Crippen LogP contribution in [0.25, 0.3) is 0 Å². The summed E-state index contributed by atoms with van der Waals surface area (Å²) in [4.78, 5) is -0.356. The zero-order valence-electron chi connectivity index (χ0n) is 10.8. The fourth-order valence-corrected chi connectivity index (χ4v) is 3.71. The van der Waals surface area contributed by atoms with E-state index in [9.17, 15) is 21.6 Å². The molecule has 112 valence electrons. The first-order valence-corrected chi connectivity index (χ1v) is 7.49. The molecule has 1 fully saturated rings. The first-order valence-electron chi connectivity index (χ1n) is 6.05. The number of alkyl halides is 3. The number of nitrogens with zero attached hydrogens (tertiary/aromatic N) is 1. The van der Waals surface area contributed by atoms with Gasteiger partial charge < -0.3 is 5.73 Å². The van der Waals surface area contributed by atoms with Crippen LogP contribution in [0, 0.1) is 0 Å². The molecule has 1 aromatic carbocycles. The number of sulfonamides is 1. The second-order valence-electron chi connectivity index (χ2n) is 5.01. The van der Waals surface area contributed by atoms with Crippen LogP contribution in [0.3, 0.4) is 0 Å². The third-order valence-corrected chi connectivity index (χ3v) is 5.27. The predicted molar refractivity (Wildman–Crippen MR) is 67.4 cm³/mol. The molecule has 0 unspecified atom stereocenters. The van der Waals surface area contributed by atoms with Crippen molar-refractivity contribution in [2.45, 2.75) is 30.0 Å². The fraction of sp³-hybridized carbons (Fsp3) is 0.500. The van der Waals surface area contributed by atoms with Crippen LogP contribution < -0.4 is 5.73 Å². The van der Waals surface area contributed by atoms with Gasteiger partial charge in [0, 0.05) is 18.6 Å². The Morgan fingerprint density at radius 1 is 1.35 bits per heavy atom. The molecule has 2 rings (SSSR count). The van der Waals surface area contributed by atoms with Crippen LogP contribution in [0.4, 0.5) is 13.2 Å². The average molecular weight is 308 g/mol. The first kappa shape index (κ1) is 15.3. The van der Waals surface area contributed by atoms with E-state index in [0.717, 1.165) is 22.5 Å². The van der Waals surface area contributed by atoms with Crippen molar-refractivity contribution in [1.29, 1.82) is 0 Å². The quantitative estimate of drug-likeness (QED) is 0.926. The fourth-order valence-electron chi connectivity index (χ4n) is 2.03. The lowest BCUT2D eigenvalue weighted by molar-refractivity contribution is -0.137. The SMILES string of the molecule is CCC1(N)CN(S(=O)(=O)c2cccc(C(F)(F)F)c2)C1. The predicted octanol–water partition coefficient (Wildman–Crippen LogP) is 1.82. The van der Waals surface area contributed by atoms with Gasteiger partial charge in [-0.25, -0.2) is 8.42 Å². The summed E-state index contributed by atoms with van der Waals surface area (Å²) in [5, 5.41) is 0. The van der Waals surface area contributed by atoms with Gasteiger partial charge >= 0.3 is 6.18 Å². The third kappa shape index (κ3) is 2.68. The van der Waals surface area contributed by atoms with Crippen LogP contribution in [0.15, 0.2) is 29.2 Å². The maximum Gasteiger partial charge on any atom is 0.416 e. The van der Waals surface area contributed by atoms with E-state index in [2.05, 4.69) is 0 Å². The highest BCUT2D eigenvalue weighted by atomic mass is 32.2. The van der Waals surface area contributed by atoms with Crippen molar-refractivity contribution >= 4 is 10.0 Å². The maximum absolute atomic E-state index is 12.6. The van der Waals surface area contributed by atoms with Crippen molar-refractivity contribution in [3.63, 3.8) is 0 Å². The second kappa shape index (κ2) is 4.71. The van der Waals surface area contributed by atoms with Crippen LogP contribution in [0.5, 0.6) is 0 Å². The van der Waals surface area contributed by atoms with E-state index in [0.29, 0.717) is 12.5 Å². The topological polar surface area (TPSA) is 63.4 Å². The molecule has 0 aromatic heterocycles. The molecule has 0 spiro atoms. The van der Waals surface area contributed by atoms with Crippen molar-refractivity contribution in [2.24, 2.45) is 5.73 Å². The van der Waals surface area contributed by atoms with Gasteiger partial charge in [0.2, 0.25) is 10.0 Å². The molecule has 1 aliphatic rings. The lowest BCUT2D eigenvalue weighted by Gasteiger charge is -2.46. The lowest BCUT2D eigenvalue weighted by atomic mass is 9.91. The Morgan fingerprint density at radius 2 is 1.95 bits per heavy atom. The summed E-state index contributed by atoms with van der Waals surface area (Å²) < 4.78 is 63.3. The van der Waals surface area contributed by atoms with Gasteiger partial charge in [-0.2, -0.15) is 17.5 Å². The summed E-state index contributed by atoms with van der Waals surface area (Å²) in [7, 11) is -3.91. The van der Waals surface area contributed by atoms with Crippen LogP contribution in [-0.4, -0.2) is 31.4 Å². The molecule has 1 heterocycles. The Hall–Kier alpha value is -1.12. The number of hydrogen-bond acceptors (Lipinski definition) is 3. The molecule has 0 atom stereocenters. The minimum absolute atomic E-state index is 0.127. The Labute approximate surface area is 115 Å². The number of benzene rings is 1. The summed E-state index contributed by atoms with van der Waals surface area (Å²) in [6.45, 7) is 2.10. The van der Waals surface area contributed by atoms with Crippen molar-refractivity contribution in [2.75, 3.05) is 13.1 Å². The zero-order valence-corrected chi connectivity index (χ0v) is 11.6. The van der Waals surface area contributed by atoms with Gasteiger partial charge in [0.15, 0.2) is 0 Å². The summed E-state index contributed by atoms with van der Waals surface area (Å²) in [6.07, 6.45) is -3.96. The molecule has 8 heteroatoms. The van der Waals surface area contributed by atoms with E-state index in [4.69, 9.17) is 5.73 Å². The van der Waals surface area contributed by atoms with Crippen LogP contribution in [0.1, 0.15) is 18.9 Å². The normalized spacial score (nSPS) is 19.6. The molecule has 1 aliphatic heterocycles. The molecule has 1 aromatic rings. The number of nitrogens with two attached hydrogens (primary N) is 1. The molecule has 0 amide bonds. The van der Waals surface area contributed by atoms with E-state index < -0.39 is 27.3 Å². The number of rotatable bonds is 3. The van der Waals surface area contributed by atoms with E-state index in [1.54, 1.807) is 0 Å². The minimum atomic E-state index is -4.57. The smallest absolute Gasteiger partial charge is 0.323 e. The van der Waals surface area contributed by atoms with Gasteiger partial charge in [0.25, 0.3) is 0 Å². The average Bonchev–Trinajstić information content (AvgIpc) is 2.34. The van der Waals surface area contributed by atoms with Gasteiger partial charge in [0.1, 0.15) is 0 Å². The van der Waals surface area contributed by atoms with Crippen LogP contribution in [0.2, 0.25) is 0 Å². The summed E-state index contributed by atoms with van der Waals surface area (Å²) in [6, 6.07) is 3.74. The number of halogens is 3. The molecule has 0 aliphatic carbocycles. The van der Waals surface area contributed by atoms with Crippen molar-refractivity contribution in [1.82, 2.24) is 4.31 Å². The van der Waals surface area contributed by atoms with Crippen molar-refractivity contribution in [3.8, 4) is 0 Å². The maximum atomic E-state index is 12.6. The van der Waals surface area contributed by atoms with Crippen LogP contribution in [-0.2, 0) is 16.2 Å². The molecule has 0 saturated carbocycles. The van der Waals surface area contributed by atoms with Gasteiger partial charge in [-0.1, -0.05) is 13.0 Å². The summed E-state index contributed by atoms with van der Waals surface area (Å²) in [5.41, 5.74) is 4.33. The highest BCUT2D eigenvalue weighted by molar-refractivity contribution is 7.89. The van der Waals surface area contributed by atoms with Crippen LogP contribution >= 0.6 is 0 Å². The third-order valence-electron chi connectivity index (χ3n) is 3.49. The molecule has 0 radical (unpaired) electrons. The van der Waals surface area contributed by atoms with E-state index in [1.165, 1.54) is 0 Å². The molecule has 0 bridgehead atoms. The lowest BCUT2D eigenvalue weighted by Crippen LogP contribution is -2.68. The molecule has 2 N–H and O–H groups in total. The summed E-state index contributed by atoms with van der Waals surface area (Å²) >= 11 is 0. The van der Waals surface area contributed by atoms with Gasteiger partial charge in [-0.05, 0) is 24.6 Å².